The zero-order valence-electron chi connectivity index (χ0n) is 10.2. The predicted octanol–water partition coefficient (Wildman–Crippen LogP) is 3.15. The highest BCUT2D eigenvalue weighted by Crippen LogP contribution is 2.22. The van der Waals surface area contributed by atoms with Gasteiger partial charge in [-0.15, -0.1) is 11.3 Å². The van der Waals surface area contributed by atoms with E-state index < -0.39 is 0 Å². The lowest BCUT2D eigenvalue weighted by atomic mass is 10.1. The van der Waals surface area contributed by atoms with Crippen LogP contribution < -0.4 is 0 Å². The number of rotatable bonds is 6. The van der Waals surface area contributed by atoms with E-state index in [4.69, 9.17) is 4.74 Å². The molecule has 1 heterocycles. The van der Waals surface area contributed by atoms with E-state index in [9.17, 15) is 4.79 Å². The van der Waals surface area contributed by atoms with Crippen LogP contribution in [0.1, 0.15) is 50.2 Å². The number of esters is 1. The number of thiazole rings is 1. The second-order valence-corrected chi connectivity index (χ2v) is 4.68. The Morgan fingerprint density at radius 3 is 2.94 bits per heavy atom. The maximum atomic E-state index is 11.2. The predicted molar refractivity (Wildman–Crippen MR) is 65.8 cm³/mol. The molecule has 0 aliphatic rings. The van der Waals surface area contributed by atoms with Crippen molar-refractivity contribution in [3.63, 3.8) is 0 Å². The molecule has 0 saturated carbocycles. The SMILES string of the molecule is CCOC(=O)CCc1csc(C(C)CC)n1. The third-order valence-corrected chi connectivity index (χ3v) is 3.62. The molecule has 0 aliphatic carbocycles. The summed E-state index contributed by atoms with van der Waals surface area (Å²) in [5.41, 5.74) is 1.01. The fourth-order valence-electron chi connectivity index (χ4n) is 1.30. The van der Waals surface area contributed by atoms with Crippen molar-refractivity contribution in [3.8, 4) is 0 Å². The van der Waals surface area contributed by atoms with Crippen LogP contribution in [0.3, 0.4) is 0 Å². The Labute approximate surface area is 101 Å². The molecule has 1 aromatic rings. The standard InChI is InChI=1S/C12H19NO2S/c1-4-9(3)12-13-10(8-16-12)6-7-11(14)15-5-2/h8-9H,4-7H2,1-3H3. The molecule has 1 atom stereocenters. The molecule has 0 radical (unpaired) electrons. The average molecular weight is 241 g/mol. The van der Waals surface area contributed by atoms with Gasteiger partial charge in [0.05, 0.1) is 23.7 Å². The van der Waals surface area contributed by atoms with E-state index in [1.165, 1.54) is 5.01 Å². The molecule has 90 valence electrons. The molecule has 0 aliphatic heterocycles. The zero-order valence-corrected chi connectivity index (χ0v) is 11.0. The number of carbonyl (C=O) groups excluding carboxylic acids is 1. The van der Waals surface area contributed by atoms with Gasteiger partial charge in [-0.3, -0.25) is 4.79 Å². The molecule has 0 aromatic carbocycles. The minimum absolute atomic E-state index is 0.138. The summed E-state index contributed by atoms with van der Waals surface area (Å²) in [6.07, 6.45) is 2.22. The van der Waals surface area contributed by atoms with E-state index in [-0.39, 0.29) is 5.97 Å². The summed E-state index contributed by atoms with van der Waals surface area (Å²) in [6.45, 7) is 6.61. The van der Waals surface area contributed by atoms with Crippen molar-refractivity contribution < 1.29 is 9.53 Å². The fraction of sp³-hybridized carbons (Fsp3) is 0.667. The summed E-state index contributed by atoms with van der Waals surface area (Å²) in [5, 5.41) is 3.21. The molecule has 4 heteroatoms. The van der Waals surface area contributed by atoms with Gasteiger partial charge in [0.25, 0.3) is 0 Å². The van der Waals surface area contributed by atoms with Crippen molar-refractivity contribution in [2.75, 3.05) is 6.61 Å². The largest absolute Gasteiger partial charge is 0.466 e. The number of ether oxygens (including phenoxy) is 1. The molecule has 0 N–H and O–H groups in total. The summed E-state index contributed by atoms with van der Waals surface area (Å²) in [7, 11) is 0. The van der Waals surface area contributed by atoms with Gasteiger partial charge in [0.15, 0.2) is 0 Å². The van der Waals surface area contributed by atoms with Gasteiger partial charge in [-0.25, -0.2) is 4.98 Å². The molecule has 1 unspecified atom stereocenters. The fourth-order valence-corrected chi connectivity index (χ4v) is 2.30. The Bertz CT molecular complexity index is 336. The highest BCUT2D eigenvalue weighted by molar-refractivity contribution is 7.09. The maximum absolute atomic E-state index is 11.2. The number of hydrogen-bond acceptors (Lipinski definition) is 4. The third kappa shape index (κ3) is 3.93. The Hall–Kier alpha value is -0.900. The van der Waals surface area contributed by atoms with E-state index >= 15 is 0 Å². The summed E-state index contributed by atoms with van der Waals surface area (Å²) in [5.74, 6) is 0.377. The Morgan fingerprint density at radius 1 is 1.56 bits per heavy atom. The average Bonchev–Trinajstić information content (AvgIpc) is 2.74. The maximum Gasteiger partial charge on any atom is 0.306 e. The van der Waals surface area contributed by atoms with Gasteiger partial charge in [0, 0.05) is 17.7 Å². The van der Waals surface area contributed by atoms with Gasteiger partial charge >= 0.3 is 5.97 Å². The molecule has 0 amide bonds. The van der Waals surface area contributed by atoms with Crippen LogP contribution in [0, 0.1) is 0 Å². The van der Waals surface area contributed by atoms with Crippen molar-refractivity contribution in [3.05, 3.63) is 16.1 Å². The van der Waals surface area contributed by atoms with E-state index in [0.717, 1.165) is 12.1 Å². The summed E-state index contributed by atoms with van der Waals surface area (Å²) in [4.78, 5) is 15.7. The van der Waals surface area contributed by atoms with Crippen LogP contribution in [-0.4, -0.2) is 17.6 Å². The van der Waals surface area contributed by atoms with Crippen molar-refractivity contribution in [2.24, 2.45) is 0 Å². The number of aryl methyl sites for hydroxylation is 1. The number of hydrogen-bond donors (Lipinski definition) is 0. The first-order chi connectivity index (χ1) is 7.67. The van der Waals surface area contributed by atoms with Gasteiger partial charge in [-0.1, -0.05) is 13.8 Å². The van der Waals surface area contributed by atoms with Crippen LogP contribution in [0.4, 0.5) is 0 Å². The number of carbonyl (C=O) groups is 1. The lowest BCUT2D eigenvalue weighted by Gasteiger charge is -2.02. The normalized spacial score (nSPS) is 12.4. The van der Waals surface area contributed by atoms with Crippen molar-refractivity contribution in [2.45, 2.75) is 46.0 Å². The lowest BCUT2D eigenvalue weighted by Crippen LogP contribution is -2.05. The number of aromatic nitrogens is 1. The van der Waals surface area contributed by atoms with Gasteiger partial charge in [-0.2, -0.15) is 0 Å². The van der Waals surface area contributed by atoms with Crippen molar-refractivity contribution >= 4 is 17.3 Å². The van der Waals surface area contributed by atoms with Crippen LogP contribution in [0.2, 0.25) is 0 Å². The molecule has 0 fully saturated rings. The summed E-state index contributed by atoms with van der Waals surface area (Å²) in [6, 6.07) is 0. The minimum Gasteiger partial charge on any atom is -0.466 e. The highest BCUT2D eigenvalue weighted by atomic mass is 32.1. The van der Waals surface area contributed by atoms with E-state index in [1.807, 2.05) is 12.3 Å². The van der Waals surface area contributed by atoms with Crippen LogP contribution in [0.25, 0.3) is 0 Å². The van der Waals surface area contributed by atoms with Crippen LogP contribution in [-0.2, 0) is 16.0 Å². The smallest absolute Gasteiger partial charge is 0.306 e. The van der Waals surface area contributed by atoms with Gasteiger partial charge in [0.1, 0.15) is 0 Å². The van der Waals surface area contributed by atoms with Gasteiger partial charge in [0.2, 0.25) is 0 Å². The Morgan fingerprint density at radius 2 is 2.31 bits per heavy atom. The second-order valence-electron chi connectivity index (χ2n) is 3.79. The molecule has 3 nitrogen and oxygen atoms in total. The molecule has 1 rings (SSSR count). The first-order valence-corrected chi connectivity index (χ1v) is 6.65. The van der Waals surface area contributed by atoms with Crippen LogP contribution in [0.5, 0.6) is 0 Å². The quantitative estimate of drug-likeness (QED) is 0.718. The summed E-state index contributed by atoms with van der Waals surface area (Å²) >= 11 is 1.68. The monoisotopic (exact) mass is 241 g/mol. The van der Waals surface area contributed by atoms with E-state index in [1.54, 1.807) is 11.3 Å². The van der Waals surface area contributed by atoms with E-state index in [2.05, 4.69) is 18.8 Å². The van der Waals surface area contributed by atoms with E-state index in [0.29, 0.717) is 25.4 Å². The Balaban J connectivity index is 2.43. The van der Waals surface area contributed by atoms with Crippen molar-refractivity contribution in [1.82, 2.24) is 4.98 Å². The molecule has 0 saturated heterocycles. The highest BCUT2D eigenvalue weighted by Gasteiger charge is 2.09. The zero-order chi connectivity index (χ0) is 12.0. The van der Waals surface area contributed by atoms with Crippen LogP contribution in [0.15, 0.2) is 5.38 Å². The molecule has 1 aromatic heterocycles. The van der Waals surface area contributed by atoms with Gasteiger partial charge in [-0.05, 0) is 13.3 Å². The first-order valence-electron chi connectivity index (χ1n) is 5.77. The van der Waals surface area contributed by atoms with Gasteiger partial charge < -0.3 is 4.74 Å². The third-order valence-electron chi connectivity index (χ3n) is 2.49. The molecule has 16 heavy (non-hydrogen) atoms. The topological polar surface area (TPSA) is 39.2 Å². The number of nitrogens with zero attached hydrogens (tertiary/aromatic N) is 1. The first kappa shape index (κ1) is 13.2. The minimum atomic E-state index is -0.138. The molecule has 0 bridgehead atoms. The molecule has 0 spiro atoms. The molecular weight excluding hydrogens is 222 g/mol. The summed E-state index contributed by atoms with van der Waals surface area (Å²) < 4.78 is 4.88. The lowest BCUT2D eigenvalue weighted by molar-refractivity contribution is -0.143. The van der Waals surface area contributed by atoms with Crippen LogP contribution >= 0.6 is 11.3 Å². The van der Waals surface area contributed by atoms with Crippen molar-refractivity contribution in [1.29, 1.82) is 0 Å². The Kier molecular flexibility index (Phi) is 5.46. The molecular formula is C12H19NO2S. The second kappa shape index (κ2) is 6.63.